The van der Waals surface area contributed by atoms with Crippen molar-refractivity contribution in [1.29, 1.82) is 0 Å². The minimum atomic E-state index is -1.35. The molecular weight excluding hydrogens is 348 g/mol. The van der Waals surface area contributed by atoms with E-state index >= 15 is 0 Å². The average molecular weight is 373 g/mol. The largest absolute Gasteiger partial charge is 0.359 e. The number of nitrogens with zero attached hydrogens (tertiary/aromatic N) is 2. The lowest BCUT2D eigenvalue weighted by Crippen LogP contribution is -2.22. The molecule has 1 heterocycles. The van der Waals surface area contributed by atoms with Crippen molar-refractivity contribution in [3.63, 3.8) is 0 Å². The second-order valence-electron chi connectivity index (χ2n) is 7.20. The zero-order chi connectivity index (χ0) is 15.4. The molecule has 1 rings (SSSR count). The first-order chi connectivity index (χ1) is 9.07. The summed E-state index contributed by atoms with van der Waals surface area (Å²) in [5, 5.41) is 4.45. The van der Waals surface area contributed by atoms with E-state index in [4.69, 9.17) is 4.74 Å². The fourth-order valence-corrected chi connectivity index (χ4v) is 2.98. The molecule has 0 N–H and O–H groups in total. The molecule has 0 bridgehead atoms. The highest BCUT2D eigenvalue weighted by Crippen LogP contribution is 2.13. The van der Waals surface area contributed by atoms with Crippen LogP contribution in [-0.2, 0) is 11.5 Å². The molecule has 0 aliphatic rings. The molecule has 0 fully saturated rings. The molecule has 0 aromatic carbocycles. The third-order valence-electron chi connectivity index (χ3n) is 2.51. The Balaban J connectivity index is 2.56. The summed E-state index contributed by atoms with van der Waals surface area (Å²) < 4.78 is 8.44. The molecule has 0 atom stereocenters. The number of hydrogen-bond acceptors (Lipinski definition) is 2. The van der Waals surface area contributed by atoms with E-state index in [0.717, 1.165) is 16.9 Å². The van der Waals surface area contributed by atoms with Gasteiger partial charge in [-0.2, -0.15) is 5.10 Å². The van der Waals surface area contributed by atoms with E-state index in [1.54, 1.807) is 0 Å². The number of aromatic nitrogens is 2. The van der Waals surface area contributed by atoms with Crippen LogP contribution in [0.4, 0.5) is 0 Å². The van der Waals surface area contributed by atoms with E-state index in [-0.39, 0.29) is 0 Å². The zero-order valence-corrected chi connectivity index (χ0v) is 17.0. The van der Waals surface area contributed by atoms with Crippen LogP contribution in [0.3, 0.4) is 0 Å². The molecule has 0 saturated carbocycles. The maximum atomic E-state index is 5.70. The lowest BCUT2D eigenvalue weighted by atomic mass is 10.5. The molecule has 0 aliphatic heterocycles. The van der Waals surface area contributed by atoms with E-state index < -0.39 is 16.1 Å². The van der Waals surface area contributed by atoms with Crippen LogP contribution in [0, 0.1) is 11.5 Å². The van der Waals surface area contributed by atoms with Gasteiger partial charge in [-0.05, 0) is 22.0 Å². The van der Waals surface area contributed by atoms with Gasteiger partial charge in [0, 0.05) is 20.7 Å². The minimum Gasteiger partial charge on any atom is -0.359 e. The maximum Gasteiger partial charge on any atom is 0.140 e. The number of halogens is 1. The van der Waals surface area contributed by atoms with Gasteiger partial charge in [0.05, 0.1) is 0 Å². The van der Waals surface area contributed by atoms with Gasteiger partial charge in [0.1, 0.15) is 25.1 Å². The quantitative estimate of drug-likeness (QED) is 0.440. The van der Waals surface area contributed by atoms with Crippen molar-refractivity contribution in [3.8, 4) is 11.5 Å². The van der Waals surface area contributed by atoms with Gasteiger partial charge in [0.25, 0.3) is 0 Å². The standard InChI is InChI=1S/C14H25BrN2OSi2/c1-19(2,3)9-7-13-11-14(15)17(16-13)12-18-8-10-20(4,5)6/h11H,8,10,12H2,1-6H3. The van der Waals surface area contributed by atoms with Crippen molar-refractivity contribution < 1.29 is 4.74 Å². The van der Waals surface area contributed by atoms with Crippen molar-refractivity contribution in [1.82, 2.24) is 9.78 Å². The Morgan fingerprint density at radius 1 is 1.25 bits per heavy atom. The van der Waals surface area contributed by atoms with Gasteiger partial charge in [-0.1, -0.05) is 45.2 Å². The van der Waals surface area contributed by atoms with Crippen LogP contribution >= 0.6 is 15.9 Å². The first-order valence-electron chi connectivity index (χ1n) is 6.91. The second kappa shape index (κ2) is 7.07. The molecule has 1 aromatic rings. The normalized spacial score (nSPS) is 12.2. The van der Waals surface area contributed by atoms with Crippen molar-refractivity contribution in [2.24, 2.45) is 0 Å². The van der Waals surface area contributed by atoms with Gasteiger partial charge in [-0.15, -0.1) is 5.54 Å². The third kappa shape index (κ3) is 7.43. The molecule has 1 aromatic heterocycles. The smallest absolute Gasteiger partial charge is 0.140 e. The summed E-state index contributed by atoms with van der Waals surface area (Å²) in [5.41, 5.74) is 4.14. The highest BCUT2D eigenvalue weighted by Gasteiger charge is 2.12. The van der Waals surface area contributed by atoms with E-state index in [0.29, 0.717) is 6.73 Å². The van der Waals surface area contributed by atoms with Gasteiger partial charge >= 0.3 is 0 Å². The first-order valence-corrected chi connectivity index (χ1v) is 14.9. The van der Waals surface area contributed by atoms with Crippen LogP contribution < -0.4 is 0 Å². The molecular formula is C14H25BrN2OSi2. The second-order valence-corrected chi connectivity index (χ2v) is 18.4. The third-order valence-corrected chi connectivity index (χ3v) is 5.72. The minimum absolute atomic E-state index is 0.486. The van der Waals surface area contributed by atoms with Crippen LogP contribution in [0.2, 0.25) is 45.3 Å². The monoisotopic (exact) mass is 372 g/mol. The average Bonchev–Trinajstić information content (AvgIpc) is 2.61. The molecule has 0 amide bonds. The maximum absolute atomic E-state index is 5.70. The van der Waals surface area contributed by atoms with Crippen LogP contribution in [0.25, 0.3) is 0 Å². The Kier molecular flexibility index (Phi) is 6.26. The van der Waals surface area contributed by atoms with E-state index in [1.807, 2.05) is 10.7 Å². The van der Waals surface area contributed by atoms with Gasteiger partial charge in [-0.3, -0.25) is 0 Å². The predicted molar refractivity (Wildman–Crippen MR) is 94.3 cm³/mol. The Morgan fingerprint density at radius 3 is 2.45 bits per heavy atom. The summed E-state index contributed by atoms with van der Waals surface area (Å²) in [6.45, 7) is 15.0. The summed E-state index contributed by atoms with van der Waals surface area (Å²) in [6.07, 6.45) is 0. The van der Waals surface area contributed by atoms with E-state index in [9.17, 15) is 0 Å². The fourth-order valence-electron chi connectivity index (χ4n) is 1.33. The van der Waals surface area contributed by atoms with Gasteiger partial charge < -0.3 is 4.74 Å². The number of ether oxygens (including phenoxy) is 1. The van der Waals surface area contributed by atoms with Gasteiger partial charge in [0.15, 0.2) is 0 Å². The predicted octanol–water partition coefficient (Wildman–Crippen LogP) is 4.19. The Bertz CT molecular complexity index is 504. The Morgan fingerprint density at radius 2 is 1.90 bits per heavy atom. The van der Waals surface area contributed by atoms with Crippen LogP contribution in [0.1, 0.15) is 5.69 Å². The van der Waals surface area contributed by atoms with Crippen molar-refractivity contribution in [2.45, 2.75) is 52.1 Å². The summed E-state index contributed by atoms with van der Waals surface area (Å²) in [6, 6.07) is 3.13. The highest BCUT2D eigenvalue weighted by atomic mass is 79.9. The Hall–Kier alpha value is -0.356. The molecule has 0 aliphatic carbocycles. The molecule has 6 heteroatoms. The molecule has 0 unspecified atom stereocenters. The molecule has 112 valence electrons. The van der Waals surface area contributed by atoms with Crippen molar-refractivity contribution in [2.75, 3.05) is 6.61 Å². The summed E-state index contributed by atoms with van der Waals surface area (Å²) in [7, 11) is -2.37. The van der Waals surface area contributed by atoms with Gasteiger partial charge in [0.2, 0.25) is 0 Å². The lowest BCUT2D eigenvalue weighted by molar-refractivity contribution is 0.0769. The van der Waals surface area contributed by atoms with E-state index in [1.165, 1.54) is 6.04 Å². The summed E-state index contributed by atoms with van der Waals surface area (Å²) in [5.74, 6) is 3.16. The first kappa shape index (κ1) is 17.7. The SMILES string of the molecule is C[Si](C)(C)C#Cc1cc(Br)n(COCC[Si](C)(C)C)n1. The fraction of sp³-hybridized carbons (Fsp3) is 0.643. The number of rotatable bonds is 5. The van der Waals surface area contributed by atoms with Gasteiger partial charge in [-0.25, -0.2) is 4.68 Å². The summed E-state index contributed by atoms with van der Waals surface area (Å²) >= 11 is 3.50. The molecule has 0 saturated heterocycles. The molecule has 20 heavy (non-hydrogen) atoms. The van der Waals surface area contributed by atoms with Crippen molar-refractivity contribution >= 4 is 32.1 Å². The zero-order valence-electron chi connectivity index (χ0n) is 13.4. The van der Waals surface area contributed by atoms with Crippen LogP contribution in [0.5, 0.6) is 0 Å². The molecule has 0 spiro atoms. The highest BCUT2D eigenvalue weighted by molar-refractivity contribution is 9.10. The molecule has 3 nitrogen and oxygen atoms in total. The number of hydrogen-bond donors (Lipinski definition) is 0. The topological polar surface area (TPSA) is 27.1 Å². The summed E-state index contributed by atoms with van der Waals surface area (Å²) in [4.78, 5) is 0. The lowest BCUT2D eigenvalue weighted by Gasteiger charge is -2.15. The Labute approximate surface area is 133 Å². The van der Waals surface area contributed by atoms with Crippen LogP contribution in [0.15, 0.2) is 10.7 Å². The van der Waals surface area contributed by atoms with Crippen molar-refractivity contribution in [3.05, 3.63) is 16.4 Å². The molecule has 0 radical (unpaired) electrons. The van der Waals surface area contributed by atoms with E-state index in [2.05, 4.69) is 71.8 Å². The van der Waals surface area contributed by atoms with Crippen LogP contribution in [-0.4, -0.2) is 32.5 Å².